The first-order valence-electron chi connectivity index (χ1n) is 9.35. The van der Waals surface area contributed by atoms with Crippen LogP contribution in [0.2, 0.25) is 0 Å². The van der Waals surface area contributed by atoms with E-state index < -0.39 is 0 Å². The maximum absolute atomic E-state index is 6.01. The zero-order valence-electron chi connectivity index (χ0n) is 15.8. The Morgan fingerprint density at radius 3 is 2.48 bits per heavy atom. The first-order valence-corrected chi connectivity index (χ1v) is 9.35. The number of rotatable bonds is 6. The second-order valence-corrected chi connectivity index (χ2v) is 6.91. The van der Waals surface area contributed by atoms with Crippen molar-refractivity contribution in [2.75, 3.05) is 6.61 Å². The van der Waals surface area contributed by atoms with Gasteiger partial charge in [0.05, 0.1) is 6.61 Å². The van der Waals surface area contributed by atoms with Crippen LogP contribution in [0.1, 0.15) is 54.0 Å². The van der Waals surface area contributed by atoms with Gasteiger partial charge in [-0.3, -0.25) is 0 Å². The van der Waals surface area contributed by atoms with Gasteiger partial charge in [0.25, 0.3) is 0 Å². The van der Waals surface area contributed by atoms with Crippen LogP contribution < -0.4 is 4.74 Å². The molecule has 1 nitrogen and oxygen atoms in total. The molecule has 0 heterocycles. The summed E-state index contributed by atoms with van der Waals surface area (Å²) in [4.78, 5) is 0. The molecule has 1 heteroatoms. The second-order valence-electron chi connectivity index (χ2n) is 6.91. The Morgan fingerprint density at radius 1 is 0.960 bits per heavy atom. The summed E-state index contributed by atoms with van der Waals surface area (Å²) in [6.45, 7) is 9.42. The van der Waals surface area contributed by atoms with E-state index in [1.54, 1.807) is 0 Å². The van der Waals surface area contributed by atoms with Crippen molar-refractivity contribution in [3.63, 3.8) is 0 Å². The fraction of sp³-hybridized carbons (Fsp3) is 0.333. The monoisotopic (exact) mass is 332 g/mol. The highest BCUT2D eigenvalue weighted by atomic mass is 16.5. The van der Waals surface area contributed by atoms with Crippen molar-refractivity contribution in [3.05, 3.63) is 82.4 Å². The second kappa shape index (κ2) is 7.74. The molecule has 0 aromatic heterocycles. The van der Waals surface area contributed by atoms with Gasteiger partial charge in [-0.2, -0.15) is 0 Å². The molecule has 0 amide bonds. The lowest BCUT2D eigenvalue weighted by atomic mass is 9.92. The van der Waals surface area contributed by atoms with Crippen molar-refractivity contribution in [2.45, 2.75) is 46.5 Å². The summed E-state index contributed by atoms with van der Waals surface area (Å²) in [5, 5.41) is 0. The van der Waals surface area contributed by atoms with E-state index in [2.05, 4.69) is 82.3 Å². The molecule has 0 N–H and O–H groups in total. The van der Waals surface area contributed by atoms with Crippen LogP contribution in [-0.4, -0.2) is 6.61 Å². The quantitative estimate of drug-likeness (QED) is 0.595. The zero-order chi connectivity index (χ0) is 17.8. The number of aryl methyl sites for hydroxylation is 3. The van der Waals surface area contributed by atoms with Crippen LogP contribution in [-0.2, 0) is 6.42 Å². The molecule has 1 atom stereocenters. The molecule has 2 aromatic rings. The third kappa shape index (κ3) is 3.87. The van der Waals surface area contributed by atoms with Gasteiger partial charge in [-0.15, -0.1) is 0 Å². The van der Waals surface area contributed by atoms with Gasteiger partial charge in [0.15, 0.2) is 0 Å². The van der Waals surface area contributed by atoms with Crippen molar-refractivity contribution < 1.29 is 4.74 Å². The highest BCUT2D eigenvalue weighted by molar-refractivity contribution is 5.81. The molecule has 0 saturated heterocycles. The molecule has 130 valence electrons. The molecule has 0 radical (unpaired) electrons. The summed E-state index contributed by atoms with van der Waals surface area (Å²) in [5.41, 5.74) is 7.88. The third-order valence-electron chi connectivity index (χ3n) is 4.79. The molecule has 0 spiro atoms. The average Bonchev–Trinajstić information content (AvgIpc) is 3.09. The van der Waals surface area contributed by atoms with Gasteiger partial charge < -0.3 is 4.74 Å². The molecule has 2 aromatic carbocycles. The molecule has 25 heavy (non-hydrogen) atoms. The van der Waals surface area contributed by atoms with E-state index in [0.29, 0.717) is 5.92 Å². The van der Waals surface area contributed by atoms with Crippen LogP contribution in [0, 0.1) is 13.8 Å². The topological polar surface area (TPSA) is 9.23 Å². The molecule has 1 aliphatic rings. The minimum Gasteiger partial charge on any atom is -0.493 e. The number of allylic oxidation sites excluding steroid dienone is 4. The smallest absolute Gasteiger partial charge is 0.127 e. The first kappa shape index (κ1) is 17.5. The predicted molar refractivity (Wildman–Crippen MR) is 107 cm³/mol. The largest absolute Gasteiger partial charge is 0.493 e. The van der Waals surface area contributed by atoms with Gasteiger partial charge in [0, 0.05) is 11.5 Å². The summed E-state index contributed by atoms with van der Waals surface area (Å²) in [7, 11) is 0. The molecule has 0 bridgehead atoms. The minimum absolute atomic E-state index is 0.352. The van der Waals surface area contributed by atoms with Gasteiger partial charge >= 0.3 is 0 Å². The highest BCUT2D eigenvalue weighted by Gasteiger charge is 2.18. The lowest BCUT2D eigenvalue weighted by Crippen LogP contribution is -1.99. The van der Waals surface area contributed by atoms with Crippen LogP contribution in [0.3, 0.4) is 0 Å². The summed E-state index contributed by atoms with van der Waals surface area (Å²) in [6, 6.07) is 13.3. The maximum atomic E-state index is 6.01. The fourth-order valence-electron chi connectivity index (χ4n) is 3.43. The lowest BCUT2D eigenvalue weighted by molar-refractivity contribution is 0.316. The normalized spacial score (nSPS) is 16.2. The highest BCUT2D eigenvalue weighted by Crippen LogP contribution is 2.37. The minimum atomic E-state index is 0.352. The Kier molecular flexibility index (Phi) is 5.43. The molecular formula is C24H28O. The molecule has 0 aliphatic heterocycles. The molecule has 1 unspecified atom stereocenters. The van der Waals surface area contributed by atoms with Crippen LogP contribution in [0.25, 0.3) is 5.57 Å². The number of benzene rings is 2. The SMILES string of the molecule is CCCOc1cc(C)ccc1C1=CC(c2cc(C)ccc2CC)C=C1. The maximum Gasteiger partial charge on any atom is 0.127 e. The van der Waals surface area contributed by atoms with Crippen molar-refractivity contribution in [1.82, 2.24) is 0 Å². The summed E-state index contributed by atoms with van der Waals surface area (Å²) >= 11 is 0. The predicted octanol–water partition coefficient (Wildman–Crippen LogP) is 6.39. The van der Waals surface area contributed by atoms with E-state index in [-0.39, 0.29) is 0 Å². The van der Waals surface area contributed by atoms with Crippen molar-refractivity contribution in [1.29, 1.82) is 0 Å². The van der Waals surface area contributed by atoms with Crippen molar-refractivity contribution >= 4 is 5.57 Å². The average molecular weight is 332 g/mol. The van der Waals surface area contributed by atoms with E-state index in [9.17, 15) is 0 Å². The molecule has 3 rings (SSSR count). The van der Waals surface area contributed by atoms with E-state index >= 15 is 0 Å². The van der Waals surface area contributed by atoms with Gasteiger partial charge in [-0.25, -0.2) is 0 Å². The van der Waals surface area contributed by atoms with Crippen LogP contribution in [0.5, 0.6) is 5.75 Å². The van der Waals surface area contributed by atoms with E-state index in [4.69, 9.17) is 4.74 Å². The van der Waals surface area contributed by atoms with Crippen LogP contribution >= 0.6 is 0 Å². The Morgan fingerprint density at radius 2 is 1.72 bits per heavy atom. The van der Waals surface area contributed by atoms with E-state index in [1.165, 1.54) is 33.4 Å². The lowest BCUT2D eigenvalue weighted by Gasteiger charge is -2.14. The summed E-state index contributed by atoms with van der Waals surface area (Å²) < 4.78 is 6.01. The van der Waals surface area contributed by atoms with Gasteiger partial charge in [-0.1, -0.05) is 68.0 Å². The zero-order valence-corrected chi connectivity index (χ0v) is 15.8. The standard InChI is InChI=1S/C24H28O/c1-5-13-25-24-15-18(4)8-12-22(24)20-10-11-21(16-20)23-14-17(3)7-9-19(23)6-2/h7-12,14-16,21H,5-6,13H2,1-4H3. The van der Waals surface area contributed by atoms with E-state index in [1.807, 2.05) is 0 Å². The van der Waals surface area contributed by atoms with Gasteiger partial charge in [-0.05, 0) is 55.0 Å². The van der Waals surface area contributed by atoms with Crippen molar-refractivity contribution in [3.8, 4) is 5.75 Å². The fourth-order valence-corrected chi connectivity index (χ4v) is 3.43. The molecule has 0 saturated carbocycles. The summed E-state index contributed by atoms with van der Waals surface area (Å²) in [6.07, 6.45) is 9.02. The van der Waals surface area contributed by atoms with Gasteiger partial charge in [0.1, 0.15) is 5.75 Å². The number of hydrogen-bond donors (Lipinski definition) is 0. The Bertz CT molecular complexity index is 811. The van der Waals surface area contributed by atoms with Crippen LogP contribution in [0.15, 0.2) is 54.6 Å². The first-order chi connectivity index (χ1) is 12.1. The molecule has 0 fully saturated rings. The summed E-state index contributed by atoms with van der Waals surface area (Å²) in [5.74, 6) is 1.35. The van der Waals surface area contributed by atoms with Crippen LogP contribution in [0.4, 0.5) is 0 Å². The Balaban J connectivity index is 1.95. The Labute approximate surface area is 152 Å². The van der Waals surface area contributed by atoms with Crippen molar-refractivity contribution in [2.24, 2.45) is 0 Å². The Hall–Kier alpha value is -2.28. The third-order valence-corrected chi connectivity index (χ3v) is 4.79. The molecule has 1 aliphatic carbocycles. The number of ether oxygens (including phenoxy) is 1. The molecular weight excluding hydrogens is 304 g/mol. The van der Waals surface area contributed by atoms with E-state index in [0.717, 1.165) is 25.2 Å². The number of hydrogen-bond acceptors (Lipinski definition) is 1. The van der Waals surface area contributed by atoms with Gasteiger partial charge in [0.2, 0.25) is 0 Å².